The number of hydrazine groups is 1. The van der Waals surface area contributed by atoms with Crippen LogP contribution in [0.1, 0.15) is 12.0 Å². The molecule has 8 nitrogen and oxygen atoms in total. The average Bonchev–Trinajstić information content (AvgIpc) is 3.02. The summed E-state index contributed by atoms with van der Waals surface area (Å²) in [5, 5.41) is 11.5. The van der Waals surface area contributed by atoms with E-state index in [2.05, 4.69) is 0 Å². The summed E-state index contributed by atoms with van der Waals surface area (Å²) in [6, 6.07) is 8.35. The zero-order valence-corrected chi connectivity index (χ0v) is 16.7. The molecular weight excluding hydrogens is 423 g/mol. The van der Waals surface area contributed by atoms with E-state index in [1.54, 1.807) is 24.3 Å². The van der Waals surface area contributed by atoms with Crippen molar-refractivity contribution in [2.45, 2.75) is 29.2 Å². The second-order valence-corrected chi connectivity index (χ2v) is 7.40. The summed E-state index contributed by atoms with van der Waals surface area (Å²) in [6.07, 6.45) is -1.07. The second-order valence-electron chi connectivity index (χ2n) is 5.69. The topological polar surface area (TPSA) is 88.5 Å². The van der Waals surface area contributed by atoms with Gasteiger partial charge in [-0.2, -0.15) is 5.01 Å². The molecule has 1 fully saturated rings. The Morgan fingerprint density at radius 2 is 2.07 bits per heavy atom. The number of ketones is 1. The number of methoxy groups -OCH3 is 1. The number of aliphatic hydroxyl groups excluding tert-OH is 1. The number of alkyl halides is 3. The highest BCUT2D eigenvalue weighted by atomic mass is 35.5. The van der Waals surface area contributed by atoms with Gasteiger partial charge in [0.2, 0.25) is 0 Å². The molecule has 1 amide bonds. The fourth-order valence-corrected chi connectivity index (χ4v) is 2.75. The number of benzene rings is 1. The molecule has 150 valence electrons. The third-order valence-electron chi connectivity index (χ3n) is 3.71. The van der Waals surface area contributed by atoms with E-state index in [1.807, 2.05) is 6.07 Å². The Hall–Kier alpha value is -1.13. The summed E-state index contributed by atoms with van der Waals surface area (Å²) in [5.41, 5.74) is -0.592. The van der Waals surface area contributed by atoms with Crippen molar-refractivity contribution in [2.75, 3.05) is 20.3 Å². The van der Waals surface area contributed by atoms with Gasteiger partial charge in [-0.1, -0.05) is 65.1 Å². The lowest BCUT2D eigenvalue weighted by Crippen LogP contribution is -2.52. The van der Waals surface area contributed by atoms with E-state index >= 15 is 0 Å². The van der Waals surface area contributed by atoms with Crippen molar-refractivity contribution < 1.29 is 29.0 Å². The molecule has 1 aromatic rings. The van der Waals surface area contributed by atoms with Gasteiger partial charge in [-0.05, 0) is 5.56 Å². The maximum atomic E-state index is 12.6. The van der Waals surface area contributed by atoms with E-state index in [4.69, 9.17) is 49.1 Å². The molecule has 0 radical (unpaired) electrons. The molecule has 0 unspecified atom stereocenters. The van der Waals surface area contributed by atoms with Crippen LogP contribution in [-0.2, 0) is 25.7 Å². The lowest BCUT2D eigenvalue weighted by molar-refractivity contribution is -0.270. The summed E-state index contributed by atoms with van der Waals surface area (Å²) in [5.74, 6) is -0.176. The number of nitrogens with zero attached hydrogens (tertiary/aromatic N) is 2. The van der Waals surface area contributed by atoms with Gasteiger partial charge in [0.15, 0.2) is 11.3 Å². The Kier molecular flexibility index (Phi) is 8.11. The normalized spacial score (nSPS) is 19.1. The van der Waals surface area contributed by atoms with Crippen molar-refractivity contribution in [3.05, 3.63) is 35.9 Å². The maximum Gasteiger partial charge on any atom is 0.452 e. The molecule has 0 aromatic heterocycles. The van der Waals surface area contributed by atoms with Crippen LogP contribution < -0.4 is 0 Å². The number of halogens is 3. The number of rotatable bonds is 8. The van der Waals surface area contributed by atoms with E-state index in [0.29, 0.717) is 0 Å². The van der Waals surface area contributed by atoms with Gasteiger partial charge in [0.05, 0.1) is 19.2 Å². The first kappa shape index (κ1) is 22.2. The van der Waals surface area contributed by atoms with Crippen molar-refractivity contribution in [1.82, 2.24) is 10.2 Å². The Balaban J connectivity index is 2.17. The second kappa shape index (κ2) is 9.88. The Morgan fingerprint density at radius 3 is 2.67 bits per heavy atom. The number of hydroxylamine groups is 1. The first-order chi connectivity index (χ1) is 12.8. The molecule has 0 spiro atoms. The molecule has 11 heteroatoms. The van der Waals surface area contributed by atoms with Crippen molar-refractivity contribution in [3.63, 3.8) is 0 Å². The number of hydrogen-bond acceptors (Lipinski definition) is 7. The molecule has 1 aromatic carbocycles. The van der Waals surface area contributed by atoms with Gasteiger partial charge < -0.3 is 14.6 Å². The first-order valence-corrected chi connectivity index (χ1v) is 9.11. The van der Waals surface area contributed by atoms with Crippen LogP contribution in [0.15, 0.2) is 30.3 Å². The van der Waals surface area contributed by atoms with Crippen molar-refractivity contribution in [3.8, 4) is 0 Å². The predicted octanol–water partition coefficient (Wildman–Crippen LogP) is 2.45. The van der Waals surface area contributed by atoms with E-state index in [1.165, 1.54) is 12.1 Å². The monoisotopic (exact) mass is 440 g/mol. The van der Waals surface area contributed by atoms with Crippen LogP contribution in [0.3, 0.4) is 0 Å². The minimum absolute atomic E-state index is 0.00900. The highest BCUT2D eigenvalue weighted by molar-refractivity contribution is 6.51. The third-order valence-corrected chi connectivity index (χ3v) is 4.97. The van der Waals surface area contributed by atoms with E-state index < -0.39 is 22.2 Å². The largest absolute Gasteiger partial charge is 0.452 e. The maximum absolute atomic E-state index is 12.6. The number of carbonyl (C=O) groups excluding carboxylic acids is 2. The van der Waals surface area contributed by atoms with Crippen molar-refractivity contribution >= 4 is 46.7 Å². The molecule has 1 aliphatic heterocycles. The van der Waals surface area contributed by atoms with Crippen LogP contribution >= 0.6 is 34.8 Å². The van der Waals surface area contributed by atoms with Gasteiger partial charge in [0.1, 0.15) is 6.61 Å². The van der Waals surface area contributed by atoms with Gasteiger partial charge >= 0.3 is 10.6 Å². The average molecular weight is 442 g/mol. The smallest absolute Gasteiger partial charge is 0.406 e. The van der Waals surface area contributed by atoms with Crippen LogP contribution in [0.2, 0.25) is 0 Å². The SMILES string of the molecule is CO[C@@H](Cl)C(Cl)(Cl)OC(=O)N(OCc1ccccc1)N1CC(=O)C[C@H]1CO. The quantitative estimate of drug-likeness (QED) is 0.489. The molecule has 1 saturated heterocycles. The lowest BCUT2D eigenvalue weighted by Gasteiger charge is -2.34. The van der Waals surface area contributed by atoms with Crippen LogP contribution in [0.4, 0.5) is 4.79 Å². The number of carbonyl (C=O) groups is 2. The molecule has 2 rings (SSSR count). The molecule has 1 aliphatic rings. The molecule has 0 saturated carbocycles. The minimum atomic E-state index is -2.21. The fraction of sp³-hybridized carbons (Fsp3) is 0.500. The standard InChI is InChI=1S/C16H19Cl3N2O6/c1-25-14(17)16(18,19)27-15(24)21(20-8-13(23)7-12(20)9-22)26-10-11-5-3-2-4-6-11/h2-6,12,14,22H,7-10H2,1H3/t12-,14+/m0/s1. The van der Waals surface area contributed by atoms with E-state index in [0.717, 1.165) is 10.7 Å². The molecule has 1 N–H and O–H groups in total. The van der Waals surface area contributed by atoms with Crippen LogP contribution in [0.5, 0.6) is 0 Å². The zero-order chi connectivity index (χ0) is 20.0. The van der Waals surface area contributed by atoms with Crippen LogP contribution in [0.25, 0.3) is 0 Å². The molecule has 0 aliphatic carbocycles. The molecule has 2 atom stereocenters. The zero-order valence-electron chi connectivity index (χ0n) is 14.4. The third kappa shape index (κ3) is 5.92. The minimum Gasteiger partial charge on any atom is -0.406 e. The molecule has 0 bridgehead atoms. The molecule has 1 heterocycles. The van der Waals surface area contributed by atoms with Gasteiger partial charge in [-0.15, -0.1) is 5.17 Å². The molecular formula is C16H19Cl3N2O6. The summed E-state index contributed by atoms with van der Waals surface area (Å²) in [7, 11) is 1.23. The summed E-state index contributed by atoms with van der Waals surface area (Å²) in [4.78, 5) is 29.9. The number of ether oxygens (including phenoxy) is 2. The van der Waals surface area contributed by atoms with Crippen LogP contribution in [-0.4, -0.2) is 63.5 Å². The van der Waals surface area contributed by atoms with Crippen molar-refractivity contribution in [2.24, 2.45) is 0 Å². The Morgan fingerprint density at radius 1 is 1.41 bits per heavy atom. The number of amides is 1. The number of hydrogen-bond donors (Lipinski definition) is 1. The summed E-state index contributed by atoms with van der Waals surface area (Å²) in [6.45, 7) is -0.528. The van der Waals surface area contributed by atoms with Gasteiger partial charge in [0, 0.05) is 13.5 Å². The summed E-state index contributed by atoms with van der Waals surface area (Å²) < 4.78 is 7.54. The number of aliphatic hydroxyl groups is 1. The van der Waals surface area contributed by atoms with Crippen molar-refractivity contribution in [1.29, 1.82) is 0 Å². The fourth-order valence-electron chi connectivity index (χ4n) is 2.39. The first-order valence-electron chi connectivity index (χ1n) is 7.92. The summed E-state index contributed by atoms with van der Waals surface area (Å²) >= 11 is 17.6. The Labute approximate surface area is 171 Å². The van der Waals surface area contributed by atoms with Gasteiger partial charge in [-0.25, -0.2) is 9.63 Å². The lowest BCUT2D eigenvalue weighted by atomic mass is 10.2. The predicted molar refractivity (Wildman–Crippen MR) is 97.8 cm³/mol. The van der Waals surface area contributed by atoms with Gasteiger partial charge in [-0.3, -0.25) is 4.79 Å². The highest BCUT2D eigenvalue weighted by Gasteiger charge is 2.44. The molecule has 27 heavy (non-hydrogen) atoms. The van der Waals surface area contributed by atoms with E-state index in [-0.39, 0.29) is 32.0 Å². The van der Waals surface area contributed by atoms with Gasteiger partial charge in [0.25, 0.3) is 0 Å². The number of Topliss-reactive ketones (excluding diaryl/α,β-unsaturated/α-hetero) is 1. The Bertz CT molecular complexity index is 648. The van der Waals surface area contributed by atoms with E-state index in [9.17, 15) is 14.7 Å². The highest BCUT2D eigenvalue weighted by Crippen LogP contribution is 2.33. The van der Waals surface area contributed by atoms with Crippen LogP contribution in [0, 0.1) is 0 Å².